The number of hydrogen-bond acceptors (Lipinski definition) is 3. The second-order valence-electron chi connectivity index (χ2n) is 7.30. The fraction of sp³-hybridized carbons (Fsp3) is 0.364. The van der Waals surface area contributed by atoms with Gasteiger partial charge in [0.05, 0.1) is 5.69 Å². The number of halogens is 1. The number of rotatable bonds is 5. The summed E-state index contributed by atoms with van der Waals surface area (Å²) in [6.07, 6.45) is 4.02. The van der Waals surface area contributed by atoms with Gasteiger partial charge in [0.1, 0.15) is 5.82 Å². The third-order valence-electron chi connectivity index (χ3n) is 5.48. The molecular weight excluding hydrogens is 343 g/mol. The van der Waals surface area contributed by atoms with Crippen LogP contribution in [0.4, 0.5) is 10.1 Å². The number of carbonyl (C=O) groups is 2. The minimum Gasteiger partial charge on any atom is -0.324 e. The summed E-state index contributed by atoms with van der Waals surface area (Å²) >= 11 is 0. The van der Waals surface area contributed by atoms with Gasteiger partial charge in [-0.3, -0.25) is 9.59 Å². The Kier molecular flexibility index (Phi) is 5.03. The molecule has 0 unspecified atom stereocenters. The van der Waals surface area contributed by atoms with Crippen molar-refractivity contribution < 1.29 is 14.0 Å². The first-order valence-corrected chi connectivity index (χ1v) is 9.57. The first-order valence-electron chi connectivity index (χ1n) is 9.57. The highest BCUT2D eigenvalue weighted by Crippen LogP contribution is 2.25. The molecule has 4 nitrogen and oxygen atoms in total. The van der Waals surface area contributed by atoms with Crippen LogP contribution < -0.4 is 10.6 Å². The average Bonchev–Trinajstić information content (AvgIpc) is 3.16. The molecule has 1 aliphatic carbocycles. The Balaban J connectivity index is 1.36. The number of amides is 1. The molecule has 27 heavy (non-hydrogen) atoms. The Morgan fingerprint density at radius 1 is 1.00 bits per heavy atom. The molecule has 2 aliphatic rings. The van der Waals surface area contributed by atoms with Crippen molar-refractivity contribution in [3.63, 3.8) is 0 Å². The number of carbonyl (C=O) groups excluding carboxylic acids is 2. The van der Waals surface area contributed by atoms with Gasteiger partial charge in [0, 0.05) is 24.9 Å². The lowest BCUT2D eigenvalue weighted by Gasteiger charge is -2.19. The molecule has 1 amide bonds. The molecule has 2 aromatic rings. The van der Waals surface area contributed by atoms with Crippen molar-refractivity contribution in [3.05, 3.63) is 64.0 Å². The SMILES string of the molecule is O=C(CCC(=O)c1ccc2c(c1)CCC2)Nc1ccc2c(c1F)CCNC2. The van der Waals surface area contributed by atoms with E-state index >= 15 is 0 Å². The minimum atomic E-state index is -0.354. The maximum atomic E-state index is 14.6. The zero-order valence-electron chi connectivity index (χ0n) is 15.2. The van der Waals surface area contributed by atoms with E-state index in [-0.39, 0.29) is 36.0 Å². The van der Waals surface area contributed by atoms with Gasteiger partial charge in [0.15, 0.2) is 5.78 Å². The lowest BCUT2D eigenvalue weighted by atomic mass is 9.99. The Morgan fingerprint density at radius 2 is 1.81 bits per heavy atom. The first-order chi connectivity index (χ1) is 13.1. The summed E-state index contributed by atoms with van der Waals surface area (Å²) in [5.41, 5.74) is 5.03. The highest BCUT2D eigenvalue weighted by molar-refractivity contribution is 6.00. The van der Waals surface area contributed by atoms with Crippen LogP contribution in [0.5, 0.6) is 0 Å². The van der Waals surface area contributed by atoms with Gasteiger partial charge in [0.2, 0.25) is 5.91 Å². The van der Waals surface area contributed by atoms with Gasteiger partial charge in [-0.25, -0.2) is 4.39 Å². The maximum absolute atomic E-state index is 14.6. The fourth-order valence-corrected chi connectivity index (χ4v) is 3.96. The summed E-state index contributed by atoms with van der Waals surface area (Å²) in [5.74, 6) is -0.735. The zero-order valence-corrected chi connectivity index (χ0v) is 15.2. The van der Waals surface area contributed by atoms with Gasteiger partial charge in [-0.1, -0.05) is 18.2 Å². The summed E-state index contributed by atoms with van der Waals surface area (Å²) in [5, 5.41) is 5.82. The predicted octanol–water partition coefficient (Wildman–Crippen LogP) is 3.56. The molecule has 1 heterocycles. The van der Waals surface area contributed by atoms with Crippen LogP contribution in [-0.2, 0) is 30.6 Å². The van der Waals surface area contributed by atoms with Gasteiger partial charge >= 0.3 is 0 Å². The van der Waals surface area contributed by atoms with E-state index in [2.05, 4.69) is 10.6 Å². The third kappa shape index (κ3) is 3.78. The lowest BCUT2D eigenvalue weighted by Crippen LogP contribution is -2.25. The Bertz CT molecular complexity index is 907. The van der Waals surface area contributed by atoms with E-state index in [1.807, 2.05) is 24.3 Å². The number of aryl methyl sites for hydroxylation is 2. The molecule has 140 valence electrons. The molecule has 2 N–H and O–H groups in total. The second kappa shape index (κ2) is 7.61. The minimum absolute atomic E-state index is 0.0446. The van der Waals surface area contributed by atoms with Crippen LogP contribution in [0.1, 0.15) is 51.9 Å². The second-order valence-corrected chi connectivity index (χ2v) is 7.30. The van der Waals surface area contributed by atoms with Crippen molar-refractivity contribution in [2.45, 2.75) is 45.1 Å². The van der Waals surface area contributed by atoms with E-state index in [1.165, 1.54) is 11.1 Å². The largest absolute Gasteiger partial charge is 0.324 e. The molecule has 0 saturated carbocycles. The summed E-state index contributed by atoms with van der Waals surface area (Å²) < 4.78 is 14.6. The molecule has 0 saturated heterocycles. The molecular formula is C22H23FN2O2. The summed E-state index contributed by atoms with van der Waals surface area (Å²) in [7, 11) is 0. The monoisotopic (exact) mass is 366 g/mol. The van der Waals surface area contributed by atoms with E-state index in [4.69, 9.17) is 0 Å². The Hall–Kier alpha value is -2.53. The number of ketones is 1. The Labute approximate surface area is 158 Å². The number of Topliss-reactive ketones (excluding diaryl/α,β-unsaturated/α-hetero) is 1. The highest BCUT2D eigenvalue weighted by atomic mass is 19.1. The number of benzene rings is 2. The maximum Gasteiger partial charge on any atom is 0.224 e. The summed E-state index contributed by atoms with van der Waals surface area (Å²) in [6.45, 7) is 1.38. The van der Waals surface area contributed by atoms with Gasteiger partial charge in [-0.05, 0) is 66.6 Å². The number of nitrogens with one attached hydrogen (secondary N) is 2. The van der Waals surface area contributed by atoms with E-state index in [1.54, 1.807) is 6.07 Å². The molecule has 0 atom stereocenters. The summed E-state index contributed by atoms with van der Waals surface area (Å²) in [4.78, 5) is 24.6. The average molecular weight is 366 g/mol. The van der Waals surface area contributed by atoms with E-state index in [0.29, 0.717) is 24.1 Å². The molecule has 0 radical (unpaired) electrons. The van der Waals surface area contributed by atoms with Crippen molar-refractivity contribution in [3.8, 4) is 0 Å². The normalized spacial score (nSPS) is 15.1. The molecule has 1 aliphatic heterocycles. The van der Waals surface area contributed by atoms with Crippen molar-refractivity contribution >= 4 is 17.4 Å². The van der Waals surface area contributed by atoms with Crippen LogP contribution in [-0.4, -0.2) is 18.2 Å². The number of hydrogen-bond donors (Lipinski definition) is 2. The van der Waals surface area contributed by atoms with E-state index in [9.17, 15) is 14.0 Å². The molecule has 2 aromatic carbocycles. The van der Waals surface area contributed by atoms with Gasteiger partial charge < -0.3 is 10.6 Å². The van der Waals surface area contributed by atoms with Gasteiger partial charge in [0.25, 0.3) is 0 Å². The van der Waals surface area contributed by atoms with Crippen molar-refractivity contribution in [1.82, 2.24) is 5.32 Å². The van der Waals surface area contributed by atoms with Crippen LogP contribution in [0.3, 0.4) is 0 Å². The summed E-state index contributed by atoms with van der Waals surface area (Å²) in [6, 6.07) is 9.27. The predicted molar refractivity (Wildman–Crippen MR) is 102 cm³/mol. The van der Waals surface area contributed by atoms with Crippen molar-refractivity contribution in [2.75, 3.05) is 11.9 Å². The van der Waals surface area contributed by atoms with Gasteiger partial charge in [-0.15, -0.1) is 0 Å². The molecule has 0 fully saturated rings. The van der Waals surface area contributed by atoms with Crippen LogP contribution >= 0.6 is 0 Å². The van der Waals surface area contributed by atoms with Crippen LogP contribution in [0.15, 0.2) is 30.3 Å². The van der Waals surface area contributed by atoms with E-state index < -0.39 is 0 Å². The standard InChI is InChI=1S/C22H23FN2O2/c23-22-18-10-11-24-13-17(18)6-7-19(22)25-21(27)9-8-20(26)16-5-4-14-2-1-3-15(14)12-16/h4-7,12,24H,1-3,8-11,13H2,(H,25,27). The highest BCUT2D eigenvalue weighted by Gasteiger charge is 2.18. The molecule has 5 heteroatoms. The Morgan fingerprint density at radius 3 is 2.70 bits per heavy atom. The molecule has 0 aromatic heterocycles. The van der Waals surface area contributed by atoms with Crippen molar-refractivity contribution in [1.29, 1.82) is 0 Å². The first kappa shape index (κ1) is 17.9. The zero-order chi connectivity index (χ0) is 18.8. The van der Waals surface area contributed by atoms with Crippen LogP contribution in [0.25, 0.3) is 0 Å². The van der Waals surface area contributed by atoms with Crippen LogP contribution in [0.2, 0.25) is 0 Å². The van der Waals surface area contributed by atoms with Gasteiger partial charge in [-0.2, -0.15) is 0 Å². The topological polar surface area (TPSA) is 58.2 Å². The number of fused-ring (bicyclic) bond motifs is 2. The number of anilines is 1. The molecule has 4 rings (SSSR count). The van der Waals surface area contributed by atoms with Crippen molar-refractivity contribution in [2.24, 2.45) is 0 Å². The fourth-order valence-electron chi connectivity index (χ4n) is 3.96. The van der Waals surface area contributed by atoms with Crippen LogP contribution in [0, 0.1) is 5.82 Å². The lowest BCUT2D eigenvalue weighted by molar-refractivity contribution is -0.116. The quantitative estimate of drug-likeness (QED) is 0.796. The van der Waals surface area contributed by atoms with E-state index in [0.717, 1.165) is 31.4 Å². The molecule has 0 spiro atoms. The molecule has 0 bridgehead atoms. The smallest absolute Gasteiger partial charge is 0.224 e. The third-order valence-corrected chi connectivity index (χ3v) is 5.48.